The molecule has 2 rings (SSSR count). The van der Waals surface area contributed by atoms with E-state index in [4.69, 9.17) is 5.11 Å². The lowest BCUT2D eigenvalue weighted by atomic mass is 9.98. The maximum absolute atomic E-state index is 13.4. The lowest BCUT2D eigenvalue weighted by molar-refractivity contribution is -0.132. The summed E-state index contributed by atoms with van der Waals surface area (Å²) >= 11 is 1.38. The molecule has 1 aromatic rings. The van der Waals surface area contributed by atoms with Crippen LogP contribution in [-0.4, -0.2) is 41.4 Å². The summed E-state index contributed by atoms with van der Waals surface area (Å²) in [7, 11) is 0. The molecule has 0 atom stereocenters. The normalized spacial score (nSPS) is 16.4. The number of carbonyl (C=O) groups excluding carboxylic acids is 1. The third-order valence-electron chi connectivity index (χ3n) is 3.64. The molecular weight excluding hydrogens is 277 g/mol. The molecule has 20 heavy (non-hydrogen) atoms. The Hall–Kier alpha value is -1.07. The first-order valence-electron chi connectivity index (χ1n) is 6.96. The van der Waals surface area contributed by atoms with Crippen molar-refractivity contribution in [3.05, 3.63) is 30.1 Å². The van der Waals surface area contributed by atoms with Crippen LogP contribution in [0.2, 0.25) is 0 Å². The molecular formula is C15H20FNO2S. The highest BCUT2D eigenvalue weighted by Gasteiger charge is 2.21. The second-order valence-electron chi connectivity index (χ2n) is 5.04. The molecule has 0 unspecified atom stereocenters. The van der Waals surface area contributed by atoms with Gasteiger partial charge in [0.25, 0.3) is 0 Å². The minimum Gasteiger partial charge on any atom is -0.396 e. The van der Waals surface area contributed by atoms with Gasteiger partial charge < -0.3 is 10.0 Å². The van der Waals surface area contributed by atoms with Crippen molar-refractivity contribution in [1.29, 1.82) is 0 Å². The van der Waals surface area contributed by atoms with Crippen molar-refractivity contribution in [1.82, 2.24) is 4.90 Å². The monoisotopic (exact) mass is 297 g/mol. The lowest BCUT2D eigenvalue weighted by Crippen LogP contribution is -2.39. The largest absolute Gasteiger partial charge is 0.396 e. The highest BCUT2D eigenvalue weighted by molar-refractivity contribution is 7.99. The minimum absolute atomic E-state index is 0.130. The van der Waals surface area contributed by atoms with Crippen LogP contribution in [0, 0.1) is 11.7 Å². The third kappa shape index (κ3) is 4.21. The Bertz CT molecular complexity index is 447. The zero-order valence-corrected chi connectivity index (χ0v) is 12.2. The molecule has 1 heterocycles. The summed E-state index contributed by atoms with van der Waals surface area (Å²) in [4.78, 5) is 14.5. The molecule has 0 aliphatic carbocycles. The van der Waals surface area contributed by atoms with E-state index >= 15 is 0 Å². The van der Waals surface area contributed by atoms with Crippen LogP contribution >= 0.6 is 11.8 Å². The Labute approximate surface area is 123 Å². The second-order valence-corrected chi connectivity index (χ2v) is 6.17. The van der Waals surface area contributed by atoms with Crippen LogP contribution in [0.15, 0.2) is 29.2 Å². The fourth-order valence-electron chi connectivity index (χ4n) is 2.33. The van der Waals surface area contributed by atoms with Gasteiger partial charge in [-0.15, -0.1) is 11.8 Å². The van der Waals surface area contributed by atoms with Gasteiger partial charge in [0.15, 0.2) is 0 Å². The fourth-order valence-corrected chi connectivity index (χ4v) is 3.21. The Morgan fingerprint density at radius 2 is 2.05 bits per heavy atom. The van der Waals surface area contributed by atoms with Gasteiger partial charge in [-0.3, -0.25) is 4.79 Å². The van der Waals surface area contributed by atoms with Crippen LogP contribution in [0.4, 0.5) is 4.39 Å². The average molecular weight is 297 g/mol. The number of hydrogen-bond donors (Lipinski definition) is 1. The molecule has 110 valence electrons. The number of rotatable bonds is 5. The number of thioether (sulfide) groups is 1. The second kappa shape index (κ2) is 7.64. The van der Waals surface area contributed by atoms with Crippen molar-refractivity contribution < 1.29 is 14.3 Å². The number of aliphatic hydroxyl groups is 1. The Morgan fingerprint density at radius 3 is 2.70 bits per heavy atom. The van der Waals surface area contributed by atoms with Gasteiger partial charge in [-0.05, 0) is 30.9 Å². The minimum atomic E-state index is -0.228. The smallest absolute Gasteiger partial charge is 0.223 e. The van der Waals surface area contributed by atoms with E-state index in [1.54, 1.807) is 18.2 Å². The van der Waals surface area contributed by atoms with Crippen molar-refractivity contribution in [2.24, 2.45) is 5.92 Å². The van der Waals surface area contributed by atoms with Crippen molar-refractivity contribution >= 4 is 17.7 Å². The molecule has 1 N–H and O–H groups in total. The van der Waals surface area contributed by atoms with Crippen LogP contribution in [0.5, 0.6) is 0 Å². The van der Waals surface area contributed by atoms with Gasteiger partial charge in [0.1, 0.15) is 5.82 Å². The average Bonchev–Trinajstić information content (AvgIpc) is 2.49. The molecule has 1 saturated heterocycles. The summed E-state index contributed by atoms with van der Waals surface area (Å²) in [6.45, 7) is 1.67. The molecule has 3 nitrogen and oxygen atoms in total. The Balaban J connectivity index is 1.72. The van der Waals surface area contributed by atoms with Crippen LogP contribution < -0.4 is 0 Å². The number of nitrogens with zero attached hydrogens (tertiary/aromatic N) is 1. The first kappa shape index (κ1) is 15.3. The number of aliphatic hydroxyl groups excluding tert-OH is 1. The predicted molar refractivity (Wildman–Crippen MR) is 78.1 cm³/mol. The maximum Gasteiger partial charge on any atom is 0.223 e. The van der Waals surface area contributed by atoms with Gasteiger partial charge in [0, 0.05) is 36.8 Å². The summed E-state index contributed by atoms with van der Waals surface area (Å²) in [6, 6.07) is 6.63. The van der Waals surface area contributed by atoms with Gasteiger partial charge in [-0.1, -0.05) is 12.1 Å². The van der Waals surface area contributed by atoms with Crippen LogP contribution in [0.3, 0.4) is 0 Å². The molecule has 1 amide bonds. The highest BCUT2D eigenvalue weighted by Crippen LogP contribution is 2.23. The zero-order valence-electron chi connectivity index (χ0n) is 11.4. The summed E-state index contributed by atoms with van der Waals surface area (Å²) in [5.41, 5.74) is 0. The zero-order chi connectivity index (χ0) is 14.4. The van der Waals surface area contributed by atoms with E-state index in [-0.39, 0.29) is 18.3 Å². The lowest BCUT2D eigenvalue weighted by Gasteiger charge is -2.31. The predicted octanol–water partition coefficient (Wildman–Crippen LogP) is 2.54. The van der Waals surface area contributed by atoms with Gasteiger partial charge in [-0.2, -0.15) is 0 Å². The van der Waals surface area contributed by atoms with Crippen LogP contribution in [0.1, 0.15) is 19.3 Å². The molecule has 0 spiro atoms. The molecule has 0 saturated carbocycles. The Kier molecular flexibility index (Phi) is 5.86. The number of piperidine rings is 1. The first-order valence-corrected chi connectivity index (χ1v) is 7.95. The Morgan fingerprint density at radius 1 is 1.35 bits per heavy atom. The SMILES string of the molecule is O=C(CCSc1ccccc1F)N1CCC(CO)CC1. The number of carbonyl (C=O) groups is 1. The molecule has 1 aliphatic rings. The quantitative estimate of drug-likeness (QED) is 0.849. The van der Waals surface area contributed by atoms with E-state index in [1.807, 2.05) is 4.90 Å². The highest BCUT2D eigenvalue weighted by atomic mass is 32.2. The summed E-state index contributed by atoms with van der Waals surface area (Å²) < 4.78 is 13.4. The van der Waals surface area contributed by atoms with E-state index < -0.39 is 0 Å². The maximum atomic E-state index is 13.4. The van der Waals surface area contributed by atoms with Crippen molar-refractivity contribution in [2.45, 2.75) is 24.2 Å². The van der Waals surface area contributed by atoms with Gasteiger partial charge in [0.2, 0.25) is 5.91 Å². The molecule has 1 aromatic carbocycles. The molecule has 1 aliphatic heterocycles. The van der Waals surface area contributed by atoms with E-state index in [9.17, 15) is 9.18 Å². The summed E-state index contributed by atoms with van der Waals surface area (Å²) in [5, 5.41) is 9.07. The molecule has 5 heteroatoms. The van der Waals surface area contributed by atoms with Crippen molar-refractivity contribution in [3.63, 3.8) is 0 Å². The first-order chi connectivity index (χ1) is 9.70. The van der Waals surface area contributed by atoms with E-state index in [1.165, 1.54) is 17.8 Å². The van der Waals surface area contributed by atoms with Crippen molar-refractivity contribution in [3.8, 4) is 0 Å². The number of halogens is 1. The van der Waals surface area contributed by atoms with Crippen LogP contribution in [0.25, 0.3) is 0 Å². The topological polar surface area (TPSA) is 40.5 Å². The van der Waals surface area contributed by atoms with Gasteiger partial charge in [0.05, 0.1) is 0 Å². The third-order valence-corrected chi connectivity index (χ3v) is 4.69. The molecule has 0 bridgehead atoms. The molecule has 0 aromatic heterocycles. The van der Waals surface area contributed by atoms with E-state index in [2.05, 4.69) is 0 Å². The molecule has 1 fully saturated rings. The fraction of sp³-hybridized carbons (Fsp3) is 0.533. The molecule has 0 radical (unpaired) electrons. The summed E-state index contributed by atoms with van der Waals surface area (Å²) in [6.07, 6.45) is 2.19. The number of benzene rings is 1. The number of amides is 1. The van der Waals surface area contributed by atoms with Crippen LogP contribution in [-0.2, 0) is 4.79 Å². The van der Waals surface area contributed by atoms with E-state index in [0.29, 0.717) is 23.0 Å². The van der Waals surface area contributed by atoms with Crippen molar-refractivity contribution in [2.75, 3.05) is 25.4 Å². The van der Waals surface area contributed by atoms with E-state index in [0.717, 1.165) is 25.9 Å². The number of likely N-dealkylation sites (tertiary alicyclic amines) is 1. The standard InChI is InChI=1S/C15H20FNO2S/c16-13-3-1-2-4-14(13)20-10-7-15(19)17-8-5-12(11-18)6-9-17/h1-4,12,18H,5-11H2. The van der Waals surface area contributed by atoms with Gasteiger partial charge >= 0.3 is 0 Å². The number of hydrogen-bond acceptors (Lipinski definition) is 3. The summed E-state index contributed by atoms with van der Waals surface area (Å²) in [5.74, 6) is 0.838. The van der Waals surface area contributed by atoms with Gasteiger partial charge in [-0.25, -0.2) is 4.39 Å².